The molecule has 69 heavy (non-hydrogen) atoms. The van der Waals surface area contributed by atoms with Crippen molar-refractivity contribution >= 4 is 46.5 Å². The Balaban J connectivity index is 0.000000296. The van der Waals surface area contributed by atoms with Crippen molar-refractivity contribution in [2.75, 3.05) is 0 Å². The van der Waals surface area contributed by atoms with Gasteiger partial charge in [-0.1, -0.05) is 167 Å². The van der Waals surface area contributed by atoms with Crippen LogP contribution >= 0.6 is 0 Å². The standard InChI is InChI=1S/C45H35N6O.C14H16NSi.Ir/c1-27(2)38-24-34(30-14-9-6-10-15-30)25-39(28(3)4)41(38)51-44(46-43-45(51)48-50-49-47-43)37-17-11-16-36-35-23-22-33(26-40(35)52-42(36)37)32-20-18-31(19-21-32)29-12-7-5-8-13-29;1-16(2,3)13-9-10-14(15-11-13)12-7-5-4-6-8-12;/h5-16,18-28H,1-4H3;4-7,9-11H,1-3H3;/q2*-1;. The summed E-state index contributed by atoms with van der Waals surface area (Å²) in [6.07, 6.45) is 2.02. The molecule has 0 aliphatic carbocycles. The van der Waals surface area contributed by atoms with Gasteiger partial charge in [-0.2, -0.15) is 0 Å². The number of fused-ring (bicyclic) bond motifs is 4. The summed E-state index contributed by atoms with van der Waals surface area (Å²) in [4.78, 5) is 9.57. The number of aromatic nitrogens is 7. The second kappa shape index (κ2) is 19.8. The van der Waals surface area contributed by atoms with E-state index in [-0.39, 0.29) is 31.9 Å². The third kappa shape index (κ3) is 9.48. The molecular formula is C59H51IrN7OSi-2. The minimum absolute atomic E-state index is 0. The van der Waals surface area contributed by atoms with E-state index in [1.807, 2.05) is 48.7 Å². The molecular weight excluding hydrogens is 1040 g/mol. The van der Waals surface area contributed by atoms with Crippen molar-refractivity contribution in [1.29, 1.82) is 0 Å². The summed E-state index contributed by atoms with van der Waals surface area (Å²) in [5, 5.41) is 20.1. The number of pyridine rings is 1. The number of hydrogen-bond acceptors (Lipinski definition) is 7. The summed E-state index contributed by atoms with van der Waals surface area (Å²) in [6, 6.07) is 63.5. The van der Waals surface area contributed by atoms with E-state index >= 15 is 0 Å². The summed E-state index contributed by atoms with van der Waals surface area (Å²) in [7, 11) is -1.23. The fraction of sp³-hybridized carbons (Fsp3) is 0.153. The molecule has 0 bridgehead atoms. The first-order valence-electron chi connectivity index (χ1n) is 23.2. The molecule has 343 valence electrons. The molecule has 11 aromatic rings. The van der Waals surface area contributed by atoms with Gasteiger partial charge in [-0.05, 0) is 95.8 Å². The fourth-order valence-electron chi connectivity index (χ4n) is 8.80. The molecule has 7 aromatic carbocycles. The zero-order valence-electron chi connectivity index (χ0n) is 39.7. The van der Waals surface area contributed by atoms with Gasteiger partial charge >= 0.3 is 0 Å². The van der Waals surface area contributed by atoms with Crippen molar-refractivity contribution in [1.82, 2.24) is 35.2 Å². The summed E-state index contributed by atoms with van der Waals surface area (Å²) in [6.45, 7) is 15.9. The first kappa shape index (κ1) is 46.9. The molecule has 1 radical (unpaired) electrons. The van der Waals surface area contributed by atoms with Crippen LogP contribution < -0.4 is 5.19 Å². The van der Waals surface area contributed by atoms with Crippen LogP contribution in [0.5, 0.6) is 0 Å². The van der Waals surface area contributed by atoms with E-state index in [2.05, 4.69) is 211 Å². The summed E-state index contributed by atoms with van der Waals surface area (Å²) >= 11 is 0. The zero-order chi connectivity index (χ0) is 46.9. The third-order valence-electron chi connectivity index (χ3n) is 12.5. The molecule has 0 unspecified atom stereocenters. The molecule has 11 rings (SSSR count). The van der Waals surface area contributed by atoms with Crippen LogP contribution in [0.4, 0.5) is 0 Å². The normalized spacial score (nSPS) is 11.6. The van der Waals surface area contributed by atoms with Crippen LogP contribution in [0.2, 0.25) is 19.6 Å². The molecule has 4 heterocycles. The van der Waals surface area contributed by atoms with Crippen LogP contribution in [-0.4, -0.2) is 43.2 Å². The number of benzene rings is 7. The summed E-state index contributed by atoms with van der Waals surface area (Å²) < 4.78 is 8.85. The minimum atomic E-state index is -1.23. The second-order valence-electron chi connectivity index (χ2n) is 18.8. The molecule has 0 N–H and O–H groups in total. The number of hydrogen-bond donors (Lipinski definition) is 0. The Kier molecular flexibility index (Phi) is 13.4. The summed E-state index contributed by atoms with van der Waals surface area (Å²) in [5.74, 6) is 1.01. The fourth-order valence-corrected chi connectivity index (χ4v) is 9.83. The number of rotatable bonds is 9. The maximum absolute atomic E-state index is 6.76. The Morgan fingerprint density at radius 3 is 1.78 bits per heavy atom. The number of imidazole rings is 1. The van der Waals surface area contributed by atoms with Crippen LogP contribution in [-0.2, 0) is 20.1 Å². The van der Waals surface area contributed by atoms with Crippen molar-refractivity contribution in [3.63, 3.8) is 0 Å². The quantitative estimate of drug-likeness (QED) is 0.105. The Bertz CT molecular complexity index is 3500. The van der Waals surface area contributed by atoms with E-state index in [1.54, 1.807) is 0 Å². The summed E-state index contributed by atoms with van der Waals surface area (Å²) in [5.41, 5.74) is 15.5. The maximum atomic E-state index is 6.76. The first-order chi connectivity index (χ1) is 33.0. The van der Waals surface area contributed by atoms with Crippen molar-refractivity contribution in [2.24, 2.45) is 0 Å². The molecule has 0 fully saturated rings. The van der Waals surface area contributed by atoms with Crippen LogP contribution in [0, 0.1) is 12.1 Å². The predicted octanol–water partition coefficient (Wildman–Crippen LogP) is 14.3. The van der Waals surface area contributed by atoms with E-state index in [1.165, 1.54) is 38.6 Å². The van der Waals surface area contributed by atoms with E-state index in [4.69, 9.17) is 9.40 Å². The van der Waals surface area contributed by atoms with Crippen molar-refractivity contribution in [3.05, 3.63) is 193 Å². The predicted molar refractivity (Wildman–Crippen MR) is 280 cm³/mol. The molecule has 10 heteroatoms. The molecule has 0 amide bonds. The van der Waals surface area contributed by atoms with Gasteiger partial charge in [-0.25, -0.2) is 0 Å². The van der Waals surface area contributed by atoms with Gasteiger partial charge in [-0.15, -0.1) is 64.3 Å². The van der Waals surface area contributed by atoms with E-state index in [0.29, 0.717) is 22.7 Å². The van der Waals surface area contributed by atoms with Gasteiger partial charge in [0.15, 0.2) is 0 Å². The zero-order valence-corrected chi connectivity index (χ0v) is 43.1. The van der Waals surface area contributed by atoms with Gasteiger partial charge in [-0.3, -0.25) is 4.98 Å². The van der Waals surface area contributed by atoms with Gasteiger partial charge in [0.1, 0.15) is 5.58 Å². The Morgan fingerprint density at radius 2 is 1.17 bits per heavy atom. The van der Waals surface area contributed by atoms with Gasteiger partial charge in [0, 0.05) is 37.4 Å². The second-order valence-corrected chi connectivity index (χ2v) is 23.9. The number of nitrogens with zero attached hydrogens (tertiary/aromatic N) is 7. The average Bonchev–Trinajstić information content (AvgIpc) is 3.95. The van der Waals surface area contributed by atoms with E-state index in [0.717, 1.165) is 50.0 Å². The molecule has 0 atom stereocenters. The molecule has 0 spiro atoms. The Hall–Kier alpha value is -7.23. The third-order valence-corrected chi connectivity index (χ3v) is 14.5. The monoisotopic (exact) mass is 1090 g/mol. The molecule has 0 saturated carbocycles. The molecule has 8 nitrogen and oxygen atoms in total. The SMILES string of the molecule is CC(C)c1cc(-c2ccccc2)cc(C(C)C)c1-n1c(-c2[c-]ccc3c2oc2cc(-c4ccc(-c5ccccc5)cc4)ccc23)nc2nnnnc21.C[Si](C)(C)c1ccc(-c2[c-]cccc2)nc1.[Ir]. The van der Waals surface area contributed by atoms with Crippen molar-refractivity contribution in [3.8, 4) is 61.7 Å². The van der Waals surface area contributed by atoms with Crippen molar-refractivity contribution in [2.45, 2.75) is 59.2 Å². The first-order valence-corrected chi connectivity index (χ1v) is 26.7. The number of furan rings is 1. The molecule has 4 aromatic heterocycles. The van der Waals surface area contributed by atoms with Crippen LogP contribution in [0.25, 0.3) is 94.9 Å². The smallest absolute Gasteiger partial charge is 0.214 e. The van der Waals surface area contributed by atoms with Crippen molar-refractivity contribution < 1.29 is 24.5 Å². The average molecular weight is 1090 g/mol. The van der Waals surface area contributed by atoms with Gasteiger partial charge in [0.25, 0.3) is 0 Å². The van der Waals surface area contributed by atoms with E-state index in [9.17, 15) is 0 Å². The largest absolute Gasteiger partial charge is 0.501 e. The van der Waals surface area contributed by atoms with E-state index < -0.39 is 8.07 Å². The van der Waals surface area contributed by atoms with Gasteiger partial charge in [0.05, 0.1) is 19.5 Å². The van der Waals surface area contributed by atoms with Crippen LogP contribution in [0.3, 0.4) is 0 Å². The molecule has 0 aliphatic heterocycles. The minimum Gasteiger partial charge on any atom is -0.501 e. The Labute approximate surface area is 417 Å². The topological polar surface area (TPSA) is 95.4 Å². The Morgan fingerprint density at radius 1 is 0.565 bits per heavy atom. The maximum Gasteiger partial charge on any atom is 0.214 e. The van der Waals surface area contributed by atoms with Gasteiger partial charge < -0.3 is 14.0 Å². The van der Waals surface area contributed by atoms with Crippen LogP contribution in [0.15, 0.2) is 174 Å². The molecule has 0 saturated heterocycles. The molecule has 0 aliphatic rings. The van der Waals surface area contributed by atoms with Crippen LogP contribution in [0.1, 0.15) is 50.7 Å². The van der Waals surface area contributed by atoms with Gasteiger partial charge in [0.2, 0.25) is 11.3 Å².